The zero-order valence-electron chi connectivity index (χ0n) is 10.7. The van der Waals surface area contributed by atoms with Gasteiger partial charge in [-0.3, -0.25) is 0 Å². The summed E-state index contributed by atoms with van der Waals surface area (Å²) in [4.78, 5) is 12.4. The molecule has 0 spiro atoms. The largest absolute Gasteiger partial charge is 0.464 e. The topological polar surface area (TPSA) is 78.4 Å². The molecule has 1 aliphatic heterocycles. The van der Waals surface area contributed by atoms with Crippen LogP contribution in [-0.2, 0) is 4.74 Å². The molecule has 1 aliphatic rings. The van der Waals surface area contributed by atoms with Gasteiger partial charge in [-0.15, -0.1) is 4.98 Å². The van der Waals surface area contributed by atoms with Gasteiger partial charge in [-0.2, -0.15) is 9.97 Å². The van der Waals surface area contributed by atoms with Crippen molar-refractivity contribution in [3.8, 4) is 12.0 Å². The molecule has 1 fully saturated rings. The predicted octanol–water partition coefficient (Wildman–Crippen LogP) is 0.870. The van der Waals surface area contributed by atoms with E-state index in [4.69, 9.17) is 14.2 Å². The molecule has 0 amide bonds. The minimum Gasteiger partial charge on any atom is -0.464 e. The molecular weight excluding hydrogens is 236 g/mol. The normalized spacial score (nSPS) is 18.7. The van der Waals surface area contributed by atoms with Gasteiger partial charge in [0.2, 0.25) is 5.95 Å². The van der Waals surface area contributed by atoms with Gasteiger partial charge >= 0.3 is 12.0 Å². The number of rotatable bonds is 6. The Balaban J connectivity index is 2.10. The average Bonchev–Trinajstić information content (AvgIpc) is 2.82. The number of aromatic nitrogens is 3. The number of hydrogen-bond acceptors (Lipinski definition) is 7. The fourth-order valence-corrected chi connectivity index (χ4v) is 1.58. The van der Waals surface area contributed by atoms with Crippen molar-refractivity contribution in [2.75, 3.05) is 31.7 Å². The molecule has 2 heterocycles. The Morgan fingerprint density at radius 2 is 2.11 bits per heavy atom. The first-order valence-electron chi connectivity index (χ1n) is 6.19. The summed E-state index contributed by atoms with van der Waals surface area (Å²) < 4.78 is 16.2. The Hall–Kier alpha value is -1.63. The highest BCUT2D eigenvalue weighted by atomic mass is 16.6. The summed E-state index contributed by atoms with van der Waals surface area (Å²) >= 11 is 0. The van der Waals surface area contributed by atoms with Gasteiger partial charge in [0.15, 0.2) is 0 Å². The fourth-order valence-electron chi connectivity index (χ4n) is 1.58. The Morgan fingerprint density at radius 3 is 2.78 bits per heavy atom. The van der Waals surface area contributed by atoms with Crippen molar-refractivity contribution >= 4 is 5.95 Å². The molecule has 100 valence electrons. The van der Waals surface area contributed by atoms with Crippen LogP contribution >= 0.6 is 0 Å². The highest BCUT2D eigenvalue weighted by Crippen LogP contribution is 2.16. The minimum absolute atomic E-state index is 0.0105. The summed E-state index contributed by atoms with van der Waals surface area (Å²) in [5.41, 5.74) is 0. The lowest BCUT2D eigenvalue weighted by molar-refractivity contribution is 0.133. The van der Waals surface area contributed by atoms with Crippen molar-refractivity contribution in [3.05, 3.63) is 0 Å². The van der Waals surface area contributed by atoms with Gasteiger partial charge in [0.1, 0.15) is 6.10 Å². The quantitative estimate of drug-likeness (QED) is 0.806. The lowest BCUT2D eigenvalue weighted by atomic mass is 10.3. The molecule has 0 aromatic carbocycles. The molecule has 1 N–H and O–H groups in total. The van der Waals surface area contributed by atoms with E-state index in [1.54, 1.807) is 0 Å². The van der Waals surface area contributed by atoms with E-state index >= 15 is 0 Å². The lowest BCUT2D eigenvalue weighted by Crippen LogP contribution is -2.18. The van der Waals surface area contributed by atoms with E-state index in [2.05, 4.69) is 20.3 Å². The van der Waals surface area contributed by atoms with Crippen LogP contribution in [0.5, 0.6) is 12.0 Å². The van der Waals surface area contributed by atoms with E-state index in [1.165, 1.54) is 0 Å². The number of anilines is 1. The molecule has 0 saturated carbocycles. The summed E-state index contributed by atoms with van der Waals surface area (Å²) in [6.45, 7) is 6.36. The summed E-state index contributed by atoms with van der Waals surface area (Å²) in [6.07, 6.45) is 0.864. The maximum absolute atomic E-state index is 5.64. The van der Waals surface area contributed by atoms with Gasteiger partial charge in [-0.1, -0.05) is 0 Å². The SMILES string of the molecule is CCNc1nc(OCC)nc(OC2CCOC2)n1. The zero-order valence-corrected chi connectivity index (χ0v) is 10.7. The molecule has 1 aromatic rings. The molecule has 0 bridgehead atoms. The maximum atomic E-state index is 5.64. The third-order valence-corrected chi connectivity index (χ3v) is 2.36. The zero-order chi connectivity index (χ0) is 12.8. The van der Waals surface area contributed by atoms with E-state index in [0.717, 1.165) is 13.0 Å². The molecule has 1 aromatic heterocycles. The summed E-state index contributed by atoms with van der Waals surface area (Å²) in [5, 5.41) is 3.02. The van der Waals surface area contributed by atoms with Crippen LogP contribution in [0.2, 0.25) is 0 Å². The van der Waals surface area contributed by atoms with Crippen molar-refractivity contribution in [2.24, 2.45) is 0 Å². The van der Waals surface area contributed by atoms with E-state index in [9.17, 15) is 0 Å². The van der Waals surface area contributed by atoms with Crippen LogP contribution < -0.4 is 14.8 Å². The molecule has 1 unspecified atom stereocenters. The van der Waals surface area contributed by atoms with E-state index in [1.807, 2.05) is 13.8 Å². The van der Waals surface area contributed by atoms with Crippen molar-refractivity contribution in [2.45, 2.75) is 26.4 Å². The molecule has 2 rings (SSSR count). The van der Waals surface area contributed by atoms with Crippen LogP contribution in [0.4, 0.5) is 5.95 Å². The third kappa shape index (κ3) is 3.43. The summed E-state index contributed by atoms with van der Waals surface area (Å²) in [7, 11) is 0. The van der Waals surface area contributed by atoms with Crippen molar-refractivity contribution in [1.82, 2.24) is 15.0 Å². The van der Waals surface area contributed by atoms with Crippen LogP contribution in [0.15, 0.2) is 0 Å². The second-order valence-corrected chi connectivity index (χ2v) is 3.79. The predicted molar refractivity (Wildman–Crippen MR) is 65.0 cm³/mol. The molecule has 18 heavy (non-hydrogen) atoms. The number of nitrogens with one attached hydrogen (secondary N) is 1. The number of hydrogen-bond donors (Lipinski definition) is 1. The van der Waals surface area contributed by atoms with Crippen LogP contribution in [-0.4, -0.2) is 47.4 Å². The average molecular weight is 254 g/mol. The van der Waals surface area contributed by atoms with Crippen molar-refractivity contribution < 1.29 is 14.2 Å². The van der Waals surface area contributed by atoms with Crippen molar-refractivity contribution in [3.63, 3.8) is 0 Å². The Labute approximate surface area is 106 Å². The Bertz CT molecular complexity index is 358. The highest BCUT2D eigenvalue weighted by molar-refractivity contribution is 5.27. The van der Waals surface area contributed by atoms with Crippen LogP contribution in [0.25, 0.3) is 0 Å². The monoisotopic (exact) mass is 254 g/mol. The number of ether oxygens (including phenoxy) is 3. The molecular formula is C11H18N4O3. The van der Waals surface area contributed by atoms with E-state index in [-0.39, 0.29) is 18.1 Å². The highest BCUT2D eigenvalue weighted by Gasteiger charge is 2.19. The molecule has 1 saturated heterocycles. The summed E-state index contributed by atoms with van der Waals surface area (Å²) in [5.74, 6) is 0.463. The van der Waals surface area contributed by atoms with Crippen LogP contribution in [0.1, 0.15) is 20.3 Å². The molecule has 0 aliphatic carbocycles. The minimum atomic E-state index is 0.0105. The van der Waals surface area contributed by atoms with Gasteiger partial charge in [0.25, 0.3) is 0 Å². The second kappa shape index (κ2) is 6.34. The molecule has 7 nitrogen and oxygen atoms in total. The van der Waals surface area contributed by atoms with Gasteiger partial charge in [-0.05, 0) is 13.8 Å². The van der Waals surface area contributed by atoms with Gasteiger partial charge < -0.3 is 19.5 Å². The molecule has 1 atom stereocenters. The Morgan fingerprint density at radius 1 is 1.28 bits per heavy atom. The number of nitrogens with zero attached hydrogens (tertiary/aromatic N) is 3. The van der Waals surface area contributed by atoms with Crippen LogP contribution in [0.3, 0.4) is 0 Å². The third-order valence-electron chi connectivity index (χ3n) is 2.36. The fraction of sp³-hybridized carbons (Fsp3) is 0.727. The first kappa shape index (κ1) is 12.8. The standard InChI is InChI=1S/C11H18N4O3/c1-3-12-9-13-10(17-4-2)15-11(14-9)18-8-5-6-16-7-8/h8H,3-7H2,1-2H3,(H,12,13,14,15). The van der Waals surface area contributed by atoms with Gasteiger partial charge in [-0.25, -0.2) is 0 Å². The van der Waals surface area contributed by atoms with Gasteiger partial charge in [0, 0.05) is 13.0 Å². The maximum Gasteiger partial charge on any atom is 0.324 e. The van der Waals surface area contributed by atoms with Crippen molar-refractivity contribution in [1.29, 1.82) is 0 Å². The lowest BCUT2D eigenvalue weighted by Gasteiger charge is -2.11. The molecule has 0 radical (unpaired) electrons. The van der Waals surface area contributed by atoms with E-state index in [0.29, 0.717) is 25.8 Å². The Kier molecular flexibility index (Phi) is 4.52. The van der Waals surface area contributed by atoms with Gasteiger partial charge in [0.05, 0.1) is 19.8 Å². The second-order valence-electron chi connectivity index (χ2n) is 3.79. The first-order chi connectivity index (χ1) is 8.81. The molecule has 7 heteroatoms. The van der Waals surface area contributed by atoms with E-state index < -0.39 is 0 Å². The first-order valence-corrected chi connectivity index (χ1v) is 6.19. The summed E-state index contributed by atoms with van der Waals surface area (Å²) in [6, 6.07) is 0.553. The smallest absolute Gasteiger partial charge is 0.324 e. The van der Waals surface area contributed by atoms with Crippen LogP contribution in [0, 0.1) is 0 Å².